The number of hydrogen-bond donors (Lipinski definition) is 1. The van der Waals surface area contributed by atoms with Gasteiger partial charge in [0, 0.05) is 22.7 Å². The fourth-order valence-electron chi connectivity index (χ4n) is 2.52. The number of aliphatic imine (C=N–C) groups is 1. The van der Waals surface area contributed by atoms with Gasteiger partial charge in [0.2, 0.25) is 12.0 Å². The van der Waals surface area contributed by atoms with E-state index >= 15 is 0 Å². The Bertz CT molecular complexity index is 756. The Morgan fingerprint density at radius 3 is 2.71 bits per heavy atom. The number of carbonyl (C=O) groups is 1. The summed E-state index contributed by atoms with van der Waals surface area (Å²) < 4.78 is 5.93. The van der Waals surface area contributed by atoms with Crippen LogP contribution in [0, 0.1) is 0 Å². The second-order valence-electron chi connectivity index (χ2n) is 5.63. The molecule has 1 unspecified atom stereocenters. The maximum absolute atomic E-state index is 12.6. The van der Waals surface area contributed by atoms with Crippen molar-refractivity contribution in [3.63, 3.8) is 0 Å². The number of nitrogens with zero attached hydrogens (tertiary/aromatic N) is 1. The number of fused-ring (bicyclic) bond motifs is 1. The molecular formula is C19H19ClN2O2. The molecular weight excluding hydrogens is 324 g/mol. The van der Waals surface area contributed by atoms with E-state index in [0.29, 0.717) is 17.5 Å². The molecule has 2 aromatic carbocycles. The average Bonchev–Trinajstić information content (AvgIpc) is 2.61. The average molecular weight is 343 g/mol. The Balaban J connectivity index is 1.90. The second kappa shape index (κ2) is 7.49. The molecule has 24 heavy (non-hydrogen) atoms. The lowest BCUT2D eigenvalue weighted by Crippen LogP contribution is -2.34. The van der Waals surface area contributed by atoms with E-state index in [2.05, 4.69) is 17.2 Å². The molecule has 0 fully saturated rings. The first-order valence-electron chi connectivity index (χ1n) is 8.07. The highest BCUT2D eigenvalue weighted by molar-refractivity contribution is 6.30. The van der Waals surface area contributed by atoms with Crippen LogP contribution in [-0.2, 0) is 9.53 Å². The third-order valence-corrected chi connectivity index (χ3v) is 4.08. The molecule has 0 saturated carbocycles. The van der Waals surface area contributed by atoms with Gasteiger partial charge in [0.25, 0.3) is 5.91 Å². The summed E-state index contributed by atoms with van der Waals surface area (Å²) >= 11 is 5.94. The summed E-state index contributed by atoms with van der Waals surface area (Å²) in [5.74, 6) is 0.290. The largest absolute Gasteiger partial charge is 0.459 e. The topological polar surface area (TPSA) is 50.7 Å². The lowest BCUT2D eigenvalue weighted by Gasteiger charge is -2.25. The number of amides is 1. The molecule has 0 aromatic heterocycles. The van der Waals surface area contributed by atoms with E-state index in [-0.39, 0.29) is 5.91 Å². The molecule has 1 aliphatic rings. The molecule has 3 rings (SSSR count). The predicted molar refractivity (Wildman–Crippen MR) is 95.8 cm³/mol. The zero-order valence-electron chi connectivity index (χ0n) is 13.5. The van der Waals surface area contributed by atoms with Crippen LogP contribution in [0.2, 0.25) is 5.02 Å². The quantitative estimate of drug-likeness (QED) is 0.818. The Morgan fingerprint density at radius 2 is 1.96 bits per heavy atom. The van der Waals surface area contributed by atoms with E-state index < -0.39 is 6.10 Å². The van der Waals surface area contributed by atoms with E-state index in [1.54, 1.807) is 12.1 Å². The molecule has 124 valence electrons. The fraction of sp³-hybridized carbons (Fsp3) is 0.263. The third kappa shape index (κ3) is 3.60. The molecule has 0 saturated heterocycles. The van der Waals surface area contributed by atoms with Crippen LogP contribution in [0.25, 0.3) is 0 Å². The first-order chi connectivity index (χ1) is 11.7. The first kappa shape index (κ1) is 16.5. The molecule has 1 atom stereocenters. The number of rotatable bonds is 5. The van der Waals surface area contributed by atoms with E-state index in [1.807, 2.05) is 36.4 Å². The highest BCUT2D eigenvalue weighted by Crippen LogP contribution is 2.34. The number of carbonyl (C=O) groups excluding carboxylic acids is 1. The van der Waals surface area contributed by atoms with Gasteiger partial charge in [-0.3, -0.25) is 4.79 Å². The van der Waals surface area contributed by atoms with Crippen molar-refractivity contribution < 1.29 is 9.53 Å². The Morgan fingerprint density at radius 1 is 1.21 bits per heavy atom. The van der Waals surface area contributed by atoms with Crippen molar-refractivity contribution in [3.05, 3.63) is 64.7 Å². The lowest BCUT2D eigenvalue weighted by molar-refractivity contribution is -0.128. The molecule has 0 bridgehead atoms. The van der Waals surface area contributed by atoms with Gasteiger partial charge in [0.05, 0.1) is 5.69 Å². The van der Waals surface area contributed by atoms with E-state index in [4.69, 9.17) is 16.3 Å². The van der Waals surface area contributed by atoms with Crippen molar-refractivity contribution in [2.24, 2.45) is 4.99 Å². The van der Waals surface area contributed by atoms with E-state index in [1.165, 1.54) is 0 Å². The number of benzene rings is 2. The van der Waals surface area contributed by atoms with Crippen LogP contribution in [0.15, 0.2) is 53.5 Å². The van der Waals surface area contributed by atoms with Gasteiger partial charge in [-0.05, 0) is 36.8 Å². The first-order valence-corrected chi connectivity index (χ1v) is 8.44. The van der Waals surface area contributed by atoms with Crippen molar-refractivity contribution >= 4 is 29.1 Å². The monoisotopic (exact) mass is 342 g/mol. The summed E-state index contributed by atoms with van der Waals surface area (Å²) in [6, 6.07) is 14.8. The summed E-state index contributed by atoms with van der Waals surface area (Å²) in [5, 5.41) is 3.58. The zero-order chi connectivity index (χ0) is 16.9. The van der Waals surface area contributed by atoms with E-state index in [9.17, 15) is 4.79 Å². The Labute approximate surface area is 146 Å². The number of unbranched alkanes of at least 4 members (excludes halogenated alkanes) is 1. The molecule has 2 aromatic rings. The van der Waals surface area contributed by atoms with Gasteiger partial charge in [0.1, 0.15) is 0 Å². The van der Waals surface area contributed by atoms with Crippen LogP contribution in [0.4, 0.5) is 5.69 Å². The summed E-state index contributed by atoms with van der Waals surface area (Å²) in [6.07, 6.45) is 1.28. The van der Waals surface area contributed by atoms with Gasteiger partial charge in [-0.2, -0.15) is 0 Å². The lowest BCUT2D eigenvalue weighted by atomic mass is 10.0. The van der Waals surface area contributed by atoms with Crippen molar-refractivity contribution in [3.8, 4) is 0 Å². The Kier molecular flexibility index (Phi) is 5.16. The minimum atomic E-state index is -0.693. The van der Waals surface area contributed by atoms with Crippen LogP contribution < -0.4 is 5.32 Å². The summed E-state index contributed by atoms with van der Waals surface area (Å²) in [5.41, 5.74) is 2.33. The minimum absolute atomic E-state index is 0.141. The number of halogens is 1. The van der Waals surface area contributed by atoms with Gasteiger partial charge in [-0.1, -0.05) is 43.1 Å². The van der Waals surface area contributed by atoms with Crippen LogP contribution in [0.3, 0.4) is 0 Å². The highest BCUT2D eigenvalue weighted by Gasteiger charge is 2.30. The molecule has 4 nitrogen and oxygen atoms in total. The van der Waals surface area contributed by atoms with Crippen LogP contribution in [-0.4, -0.2) is 18.3 Å². The van der Waals surface area contributed by atoms with Crippen LogP contribution in [0.1, 0.15) is 37.0 Å². The van der Waals surface area contributed by atoms with E-state index in [0.717, 1.165) is 29.7 Å². The number of nitrogens with one attached hydrogen (secondary N) is 1. The normalized spacial score (nSPS) is 15.9. The van der Waals surface area contributed by atoms with Gasteiger partial charge in [0.15, 0.2) is 0 Å². The smallest absolute Gasteiger partial charge is 0.265 e. The molecule has 0 radical (unpaired) electrons. The minimum Gasteiger partial charge on any atom is -0.459 e. The zero-order valence-corrected chi connectivity index (χ0v) is 14.2. The SMILES string of the molecule is CCCCNC(=O)C1OC(c2ccc(Cl)cc2)=Nc2ccccc21. The maximum Gasteiger partial charge on any atom is 0.265 e. The van der Waals surface area contributed by atoms with Crippen LogP contribution >= 0.6 is 11.6 Å². The second-order valence-corrected chi connectivity index (χ2v) is 6.06. The molecule has 1 N–H and O–H groups in total. The fourth-order valence-corrected chi connectivity index (χ4v) is 2.65. The van der Waals surface area contributed by atoms with Crippen molar-refractivity contribution in [2.75, 3.05) is 6.54 Å². The standard InChI is InChI=1S/C19H19ClN2O2/c1-2-3-12-21-18(23)17-15-6-4-5-7-16(15)22-19(24-17)13-8-10-14(20)11-9-13/h4-11,17H,2-3,12H2,1H3,(H,21,23). The summed E-state index contributed by atoms with van der Waals surface area (Å²) in [7, 11) is 0. The van der Waals surface area contributed by atoms with Gasteiger partial charge < -0.3 is 10.1 Å². The maximum atomic E-state index is 12.6. The molecule has 0 spiro atoms. The molecule has 0 aliphatic carbocycles. The number of ether oxygens (including phenoxy) is 1. The molecule has 5 heteroatoms. The molecule has 1 heterocycles. The summed E-state index contributed by atoms with van der Waals surface area (Å²) in [4.78, 5) is 17.1. The highest BCUT2D eigenvalue weighted by atomic mass is 35.5. The predicted octanol–water partition coefficient (Wildman–Crippen LogP) is 4.41. The molecule has 1 aliphatic heterocycles. The Hall–Kier alpha value is -2.33. The van der Waals surface area contributed by atoms with Crippen molar-refractivity contribution in [1.82, 2.24) is 5.32 Å². The third-order valence-electron chi connectivity index (χ3n) is 3.83. The number of hydrogen-bond acceptors (Lipinski definition) is 3. The van der Waals surface area contributed by atoms with Crippen molar-refractivity contribution in [2.45, 2.75) is 25.9 Å². The molecule has 1 amide bonds. The number of para-hydroxylation sites is 1. The summed E-state index contributed by atoms with van der Waals surface area (Å²) in [6.45, 7) is 2.73. The van der Waals surface area contributed by atoms with Crippen molar-refractivity contribution in [1.29, 1.82) is 0 Å². The van der Waals surface area contributed by atoms with Gasteiger partial charge in [-0.15, -0.1) is 0 Å². The van der Waals surface area contributed by atoms with Gasteiger partial charge in [-0.25, -0.2) is 4.99 Å². The van der Waals surface area contributed by atoms with Gasteiger partial charge >= 0.3 is 0 Å². The van der Waals surface area contributed by atoms with Crippen LogP contribution in [0.5, 0.6) is 0 Å².